The predicted octanol–water partition coefficient (Wildman–Crippen LogP) is 1.67. The van der Waals surface area contributed by atoms with Crippen LogP contribution in [0.4, 0.5) is 0 Å². The number of fused-ring (bicyclic) bond motifs is 1. The van der Waals surface area contributed by atoms with Crippen LogP contribution in [0.5, 0.6) is 0 Å². The second-order valence-electron chi connectivity index (χ2n) is 5.67. The van der Waals surface area contributed by atoms with E-state index in [-0.39, 0.29) is 5.97 Å². The van der Waals surface area contributed by atoms with Crippen LogP contribution in [0.2, 0.25) is 0 Å². The van der Waals surface area contributed by atoms with Crippen molar-refractivity contribution in [2.45, 2.75) is 19.3 Å². The molecule has 0 aromatic heterocycles. The Bertz CT molecular complexity index is 632. The first-order chi connectivity index (χ1) is 11.3. The number of hydrogen-bond acceptors (Lipinski definition) is 7. The van der Waals surface area contributed by atoms with Crippen molar-refractivity contribution in [3.63, 3.8) is 0 Å². The SMILES string of the molecule is COC(=O)C1(CCCCNC2=NCCN2)C=CC=C2N=NC=C21. The van der Waals surface area contributed by atoms with Gasteiger partial charge in [-0.1, -0.05) is 12.2 Å². The van der Waals surface area contributed by atoms with Gasteiger partial charge in [-0.2, -0.15) is 10.2 Å². The number of rotatable bonds is 6. The smallest absolute Gasteiger partial charge is 0.320 e. The monoisotopic (exact) mass is 315 g/mol. The van der Waals surface area contributed by atoms with Gasteiger partial charge in [0.05, 0.1) is 25.6 Å². The summed E-state index contributed by atoms with van der Waals surface area (Å²) in [6.45, 7) is 2.55. The van der Waals surface area contributed by atoms with E-state index < -0.39 is 5.41 Å². The summed E-state index contributed by atoms with van der Waals surface area (Å²) in [4.78, 5) is 16.7. The molecule has 0 bridgehead atoms. The highest BCUT2D eigenvalue weighted by molar-refractivity contribution is 5.85. The van der Waals surface area contributed by atoms with E-state index in [0.29, 0.717) is 6.42 Å². The van der Waals surface area contributed by atoms with Crippen molar-refractivity contribution < 1.29 is 9.53 Å². The lowest BCUT2D eigenvalue weighted by Crippen LogP contribution is -2.35. The van der Waals surface area contributed by atoms with Gasteiger partial charge in [-0.25, -0.2) is 0 Å². The Hall–Kier alpha value is -2.44. The van der Waals surface area contributed by atoms with Crippen molar-refractivity contribution in [2.24, 2.45) is 20.6 Å². The third-order valence-electron chi connectivity index (χ3n) is 4.26. The van der Waals surface area contributed by atoms with Crippen molar-refractivity contribution >= 4 is 11.9 Å². The molecule has 0 aromatic rings. The van der Waals surface area contributed by atoms with Crippen LogP contribution in [0.25, 0.3) is 0 Å². The van der Waals surface area contributed by atoms with Crippen molar-refractivity contribution in [2.75, 3.05) is 26.7 Å². The number of carbonyl (C=O) groups is 1. The van der Waals surface area contributed by atoms with Gasteiger partial charge in [0.25, 0.3) is 0 Å². The van der Waals surface area contributed by atoms with Gasteiger partial charge < -0.3 is 15.4 Å². The molecule has 1 aliphatic carbocycles. The number of ether oxygens (including phenoxy) is 1. The molecular formula is C16H21N5O2. The Kier molecular flexibility index (Phi) is 4.55. The van der Waals surface area contributed by atoms with E-state index >= 15 is 0 Å². The molecule has 1 atom stereocenters. The van der Waals surface area contributed by atoms with Crippen LogP contribution in [0.3, 0.4) is 0 Å². The Morgan fingerprint density at radius 2 is 2.39 bits per heavy atom. The molecule has 122 valence electrons. The number of nitrogens with one attached hydrogen (secondary N) is 2. The molecule has 7 nitrogen and oxygen atoms in total. The van der Waals surface area contributed by atoms with Crippen LogP contribution in [-0.2, 0) is 9.53 Å². The van der Waals surface area contributed by atoms with E-state index in [4.69, 9.17) is 4.74 Å². The number of carbonyl (C=O) groups excluding carboxylic acids is 1. The second kappa shape index (κ2) is 6.76. The molecule has 0 amide bonds. The van der Waals surface area contributed by atoms with E-state index in [9.17, 15) is 4.79 Å². The standard InChI is InChI=1S/C16H21N5O2/c1-23-14(22)16(7-4-5-13-12(16)11-20-21-13)6-2-3-8-17-15-18-9-10-19-15/h4-5,7,11H,2-3,6,8-10H2,1H3,(H2,17,18,19). The van der Waals surface area contributed by atoms with Gasteiger partial charge in [0.15, 0.2) is 5.96 Å². The summed E-state index contributed by atoms with van der Waals surface area (Å²) in [5.74, 6) is 0.610. The van der Waals surface area contributed by atoms with Crippen LogP contribution in [0, 0.1) is 5.41 Å². The van der Waals surface area contributed by atoms with E-state index in [1.807, 2.05) is 18.2 Å². The number of azo groups is 1. The molecule has 7 heteroatoms. The molecule has 0 spiro atoms. The molecule has 0 aromatic carbocycles. The molecule has 0 radical (unpaired) electrons. The number of esters is 1. The van der Waals surface area contributed by atoms with Gasteiger partial charge >= 0.3 is 5.97 Å². The molecule has 23 heavy (non-hydrogen) atoms. The van der Waals surface area contributed by atoms with Crippen LogP contribution >= 0.6 is 0 Å². The van der Waals surface area contributed by atoms with Gasteiger partial charge in [-0.3, -0.25) is 9.79 Å². The van der Waals surface area contributed by atoms with Crippen molar-refractivity contribution in [3.8, 4) is 0 Å². The first kappa shape index (κ1) is 15.5. The van der Waals surface area contributed by atoms with E-state index in [2.05, 4.69) is 25.9 Å². The zero-order chi connectivity index (χ0) is 16.1. The third kappa shape index (κ3) is 3.04. The Morgan fingerprint density at radius 1 is 1.48 bits per heavy atom. The summed E-state index contributed by atoms with van der Waals surface area (Å²) in [6, 6.07) is 0. The minimum absolute atomic E-state index is 0.257. The average molecular weight is 315 g/mol. The number of methoxy groups -OCH3 is 1. The zero-order valence-corrected chi connectivity index (χ0v) is 13.2. The number of unbranched alkanes of at least 4 members (excludes halogenated alkanes) is 1. The molecule has 0 saturated carbocycles. The summed E-state index contributed by atoms with van der Waals surface area (Å²) in [5, 5.41) is 14.4. The number of hydrogen-bond donors (Lipinski definition) is 2. The number of aliphatic imine (C=N–C) groups is 1. The molecule has 3 aliphatic rings. The molecule has 2 N–H and O–H groups in total. The summed E-state index contributed by atoms with van der Waals surface area (Å²) in [7, 11) is 1.42. The highest BCUT2D eigenvalue weighted by Crippen LogP contribution is 2.45. The van der Waals surface area contributed by atoms with E-state index in [1.54, 1.807) is 6.20 Å². The maximum Gasteiger partial charge on any atom is 0.320 e. The summed E-state index contributed by atoms with van der Waals surface area (Å²) in [6.07, 6.45) is 9.80. The fourth-order valence-corrected chi connectivity index (χ4v) is 3.06. The van der Waals surface area contributed by atoms with Crippen LogP contribution < -0.4 is 10.6 Å². The topological polar surface area (TPSA) is 87.4 Å². The predicted molar refractivity (Wildman–Crippen MR) is 86.8 cm³/mol. The van der Waals surface area contributed by atoms with Crippen LogP contribution in [0.15, 0.2) is 50.9 Å². The first-order valence-corrected chi connectivity index (χ1v) is 7.88. The molecule has 1 unspecified atom stereocenters. The second-order valence-corrected chi connectivity index (χ2v) is 5.67. The van der Waals surface area contributed by atoms with Crippen molar-refractivity contribution in [1.82, 2.24) is 10.6 Å². The summed E-state index contributed by atoms with van der Waals surface area (Å²) in [5.41, 5.74) is 0.813. The minimum Gasteiger partial charge on any atom is -0.468 e. The molecule has 2 aliphatic heterocycles. The Labute approximate surface area is 135 Å². The lowest BCUT2D eigenvalue weighted by molar-refractivity contribution is -0.148. The van der Waals surface area contributed by atoms with Crippen LogP contribution in [-0.4, -0.2) is 38.7 Å². The average Bonchev–Trinajstić information content (AvgIpc) is 3.25. The largest absolute Gasteiger partial charge is 0.468 e. The summed E-state index contributed by atoms with van der Waals surface area (Å²) >= 11 is 0. The van der Waals surface area contributed by atoms with Crippen molar-refractivity contribution in [3.05, 3.63) is 35.7 Å². The zero-order valence-electron chi connectivity index (χ0n) is 13.2. The van der Waals surface area contributed by atoms with Crippen LogP contribution in [0.1, 0.15) is 19.3 Å². The highest BCUT2D eigenvalue weighted by atomic mass is 16.5. The quantitative estimate of drug-likeness (QED) is 0.576. The van der Waals surface area contributed by atoms with Gasteiger partial charge in [-0.15, -0.1) is 0 Å². The molecule has 0 fully saturated rings. The number of guanidine groups is 1. The van der Waals surface area contributed by atoms with Gasteiger partial charge in [0.2, 0.25) is 0 Å². The molecule has 0 saturated heterocycles. The normalized spacial score (nSPS) is 24.5. The highest BCUT2D eigenvalue weighted by Gasteiger charge is 2.44. The Balaban J connectivity index is 1.59. The Morgan fingerprint density at radius 3 is 3.17 bits per heavy atom. The summed E-state index contributed by atoms with van der Waals surface area (Å²) < 4.78 is 5.05. The van der Waals surface area contributed by atoms with Crippen molar-refractivity contribution in [1.29, 1.82) is 0 Å². The fourth-order valence-electron chi connectivity index (χ4n) is 3.06. The lowest BCUT2D eigenvalue weighted by Gasteiger charge is -2.30. The fraction of sp³-hybridized carbons (Fsp3) is 0.500. The third-order valence-corrected chi connectivity index (χ3v) is 4.26. The molecular weight excluding hydrogens is 294 g/mol. The maximum absolute atomic E-state index is 12.4. The van der Waals surface area contributed by atoms with E-state index in [1.165, 1.54) is 7.11 Å². The van der Waals surface area contributed by atoms with E-state index in [0.717, 1.165) is 49.7 Å². The van der Waals surface area contributed by atoms with Gasteiger partial charge in [-0.05, 0) is 25.3 Å². The van der Waals surface area contributed by atoms with Gasteiger partial charge in [0.1, 0.15) is 5.41 Å². The van der Waals surface area contributed by atoms with Gasteiger partial charge in [0, 0.05) is 18.7 Å². The molecule has 3 rings (SSSR count). The minimum atomic E-state index is -0.772. The lowest BCUT2D eigenvalue weighted by atomic mass is 9.72. The maximum atomic E-state index is 12.4. The first-order valence-electron chi connectivity index (χ1n) is 7.88. The molecule has 2 heterocycles. The number of allylic oxidation sites excluding steroid dienone is 3. The number of nitrogens with zero attached hydrogens (tertiary/aromatic N) is 3.